The van der Waals surface area contributed by atoms with Crippen LogP contribution in [0.15, 0.2) is 35.2 Å². The normalized spacial score (nSPS) is 35.5. The summed E-state index contributed by atoms with van der Waals surface area (Å²) in [5.41, 5.74) is 3.81. The summed E-state index contributed by atoms with van der Waals surface area (Å²) in [6.45, 7) is 12.0. The van der Waals surface area contributed by atoms with Gasteiger partial charge >= 0.3 is 0 Å². The van der Waals surface area contributed by atoms with Crippen LogP contribution in [-0.2, 0) is 6.42 Å². The van der Waals surface area contributed by atoms with E-state index >= 15 is 0 Å². The molecule has 2 saturated carbocycles. The third-order valence-electron chi connectivity index (χ3n) is 6.62. The van der Waals surface area contributed by atoms with E-state index in [4.69, 9.17) is 4.42 Å². The van der Waals surface area contributed by atoms with Crippen LogP contribution in [0.5, 0.6) is 0 Å². The van der Waals surface area contributed by atoms with Crippen molar-refractivity contribution in [1.82, 2.24) is 0 Å². The first-order valence-corrected chi connectivity index (χ1v) is 8.62. The minimum Gasteiger partial charge on any atom is -0.472 e. The summed E-state index contributed by atoms with van der Waals surface area (Å²) in [6.07, 6.45) is 12.8. The molecule has 1 heteroatoms. The minimum absolute atomic E-state index is 0.459. The van der Waals surface area contributed by atoms with Crippen molar-refractivity contribution in [3.63, 3.8) is 0 Å². The maximum atomic E-state index is 5.22. The molecule has 116 valence electrons. The molecule has 0 radical (unpaired) electrons. The van der Waals surface area contributed by atoms with E-state index in [9.17, 15) is 0 Å². The van der Waals surface area contributed by atoms with E-state index in [1.807, 2.05) is 6.26 Å². The van der Waals surface area contributed by atoms with Crippen LogP contribution >= 0.6 is 0 Å². The molecule has 3 atom stereocenters. The van der Waals surface area contributed by atoms with Crippen LogP contribution in [0.3, 0.4) is 0 Å². The van der Waals surface area contributed by atoms with E-state index in [1.165, 1.54) is 49.7 Å². The van der Waals surface area contributed by atoms with Gasteiger partial charge in [-0.05, 0) is 72.8 Å². The minimum atomic E-state index is 0.459. The highest BCUT2D eigenvalue weighted by molar-refractivity contribution is 5.17. The van der Waals surface area contributed by atoms with Crippen LogP contribution < -0.4 is 0 Å². The molecular formula is C20H30O. The second kappa shape index (κ2) is 5.34. The zero-order valence-electron chi connectivity index (χ0n) is 14.0. The van der Waals surface area contributed by atoms with Gasteiger partial charge in [0.1, 0.15) is 0 Å². The average Bonchev–Trinajstić information content (AvgIpc) is 2.90. The summed E-state index contributed by atoms with van der Waals surface area (Å²) < 4.78 is 5.22. The molecule has 1 heterocycles. The Morgan fingerprint density at radius 3 is 2.81 bits per heavy atom. The van der Waals surface area contributed by atoms with E-state index in [0.717, 1.165) is 12.3 Å². The molecule has 3 unspecified atom stereocenters. The Kier molecular flexibility index (Phi) is 3.80. The fourth-order valence-corrected chi connectivity index (χ4v) is 5.55. The number of allylic oxidation sites excluding steroid dienone is 1. The second-order valence-electron chi connectivity index (χ2n) is 8.32. The molecule has 2 fully saturated rings. The lowest BCUT2D eigenvalue weighted by Crippen LogP contribution is -2.49. The molecule has 3 rings (SSSR count). The van der Waals surface area contributed by atoms with E-state index in [0.29, 0.717) is 16.7 Å². The maximum Gasteiger partial charge on any atom is 0.0934 e. The first-order valence-electron chi connectivity index (χ1n) is 8.62. The molecule has 0 spiro atoms. The van der Waals surface area contributed by atoms with Gasteiger partial charge in [-0.15, -0.1) is 0 Å². The molecule has 1 aromatic rings. The van der Waals surface area contributed by atoms with Crippen molar-refractivity contribution in [3.8, 4) is 0 Å². The number of fused-ring (bicyclic) bond motifs is 1. The molecule has 2 aliphatic rings. The SMILES string of the molecule is C=C1CCC2C(C)(C)CCCC2(C)C1CCc1ccoc1. The highest BCUT2D eigenvalue weighted by Gasteiger charge is 2.52. The number of furan rings is 1. The Labute approximate surface area is 129 Å². The molecule has 0 aliphatic heterocycles. The van der Waals surface area contributed by atoms with Crippen LogP contribution in [0.25, 0.3) is 0 Å². The van der Waals surface area contributed by atoms with Crippen LogP contribution in [0.2, 0.25) is 0 Å². The fraction of sp³-hybridized carbons (Fsp3) is 0.700. The Bertz CT molecular complexity index is 496. The molecule has 1 nitrogen and oxygen atoms in total. The molecule has 21 heavy (non-hydrogen) atoms. The molecule has 0 aromatic carbocycles. The first-order chi connectivity index (χ1) is 9.93. The first kappa shape index (κ1) is 14.9. The van der Waals surface area contributed by atoms with Gasteiger partial charge in [0.15, 0.2) is 0 Å². The molecule has 2 aliphatic carbocycles. The third-order valence-corrected chi connectivity index (χ3v) is 6.62. The van der Waals surface area contributed by atoms with Crippen molar-refractivity contribution in [2.45, 2.75) is 65.7 Å². The van der Waals surface area contributed by atoms with E-state index in [1.54, 1.807) is 6.26 Å². The standard InChI is InChI=1S/C20H30O/c1-15-6-9-18-19(2,3)11-5-12-20(18,4)17(15)8-7-16-10-13-21-14-16/h10,13-14,17-18H,1,5-9,11-12H2,2-4H3. The van der Waals surface area contributed by atoms with E-state index < -0.39 is 0 Å². The molecule has 0 bridgehead atoms. The van der Waals surface area contributed by atoms with E-state index in [-0.39, 0.29) is 0 Å². The Morgan fingerprint density at radius 1 is 1.29 bits per heavy atom. The predicted octanol–water partition coefficient (Wildman–Crippen LogP) is 6.01. The topological polar surface area (TPSA) is 13.1 Å². The number of hydrogen-bond acceptors (Lipinski definition) is 1. The van der Waals surface area contributed by atoms with Crippen LogP contribution in [0.1, 0.15) is 64.9 Å². The summed E-state index contributed by atoms with van der Waals surface area (Å²) in [6, 6.07) is 2.11. The van der Waals surface area contributed by atoms with Crippen molar-refractivity contribution in [2.75, 3.05) is 0 Å². The zero-order valence-corrected chi connectivity index (χ0v) is 14.0. The zero-order chi connectivity index (χ0) is 15.1. The highest BCUT2D eigenvalue weighted by Crippen LogP contribution is 2.61. The van der Waals surface area contributed by atoms with Gasteiger partial charge < -0.3 is 4.42 Å². The lowest BCUT2D eigenvalue weighted by Gasteiger charge is -2.58. The van der Waals surface area contributed by atoms with Crippen molar-refractivity contribution in [3.05, 3.63) is 36.3 Å². The average molecular weight is 286 g/mol. The summed E-state index contributed by atoms with van der Waals surface area (Å²) >= 11 is 0. The van der Waals surface area contributed by atoms with Crippen molar-refractivity contribution < 1.29 is 4.42 Å². The van der Waals surface area contributed by atoms with Gasteiger partial charge in [-0.25, -0.2) is 0 Å². The second-order valence-corrected chi connectivity index (χ2v) is 8.32. The van der Waals surface area contributed by atoms with Gasteiger partial charge in [0.2, 0.25) is 0 Å². The number of hydrogen-bond donors (Lipinski definition) is 0. The number of rotatable bonds is 3. The maximum absolute atomic E-state index is 5.22. The summed E-state index contributed by atoms with van der Waals surface area (Å²) in [7, 11) is 0. The molecule has 0 N–H and O–H groups in total. The Balaban J connectivity index is 1.81. The predicted molar refractivity (Wildman–Crippen MR) is 88.1 cm³/mol. The molecule has 1 aromatic heterocycles. The largest absolute Gasteiger partial charge is 0.472 e. The van der Waals surface area contributed by atoms with Crippen molar-refractivity contribution in [2.24, 2.45) is 22.7 Å². The van der Waals surface area contributed by atoms with Gasteiger partial charge in [0.25, 0.3) is 0 Å². The highest BCUT2D eigenvalue weighted by atomic mass is 16.3. The summed E-state index contributed by atoms with van der Waals surface area (Å²) in [5, 5.41) is 0. The molecular weight excluding hydrogens is 256 g/mol. The van der Waals surface area contributed by atoms with Gasteiger partial charge in [-0.2, -0.15) is 0 Å². The Morgan fingerprint density at radius 2 is 2.10 bits per heavy atom. The molecule has 0 amide bonds. The van der Waals surface area contributed by atoms with Crippen molar-refractivity contribution in [1.29, 1.82) is 0 Å². The summed E-state index contributed by atoms with van der Waals surface area (Å²) in [5.74, 6) is 1.55. The van der Waals surface area contributed by atoms with Crippen LogP contribution in [-0.4, -0.2) is 0 Å². The monoisotopic (exact) mass is 286 g/mol. The fourth-order valence-electron chi connectivity index (χ4n) is 5.55. The van der Waals surface area contributed by atoms with E-state index in [2.05, 4.69) is 33.4 Å². The third kappa shape index (κ3) is 2.60. The van der Waals surface area contributed by atoms with Crippen LogP contribution in [0.4, 0.5) is 0 Å². The smallest absolute Gasteiger partial charge is 0.0934 e. The quantitative estimate of drug-likeness (QED) is 0.620. The van der Waals surface area contributed by atoms with Gasteiger partial charge in [-0.3, -0.25) is 0 Å². The number of aryl methyl sites for hydroxylation is 1. The lowest BCUT2D eigenvalue weighted by molar-refractivity contribution is -0.0539. The van der Waals surface area contributed by atoms with Gasteiger partial charge in [0, 0.05) is 0 Å². The van der Waals surface area contributed by atoms with Crippen LogP contribution in [0, 0.1) is 22.7 Å². The lowest BCUT2D eigenvalue weighted by atomic mass is 9.47. The summed E-state index contributed by atoms with van der Waals surface area (Å²) in [4.78, 5) is 0. The van der Waals surface area contributed by atoms with Crippen molar-refractivity contribution >= 4 is 0 Å². The Hall–Kier alpha value is -0.980. The van der Waals surface area contributed by atoms with Gasteiger partial charge in [0.05, 0.1) is 12.5 Å². The van der Waals surface area contributed by atoms with Gasteiger partial charge in [-0.1, -0.05) is 39.3 Å². The molecule has 0 saturated heterocycles.